The Morgan fingerprint density at radius 1 is 0.852 bits per heavy atom. The first-order chi connectivity index (χ1) is 12.8. The van der Waals surface area contributed by atoms with Crippen LogP contribution >= 0.6 is 0 Å². The van der Waals surface area contributed by atoms with E-state index in [4.69, 9.17) is 9.47 Å². The Labute approximate surface area is 152 Å². The molecule has 0 saturated heterocycles. The maximum atomic E-state index is 11.8. The first-order valence-corrected chi connectivity index (χ1v) is 7.79. The molecule has 0 amide bonds. The van der Waals surface area contributed by atoms with Gasteiger partial charge in [-0.15, -0.1) is 9.46 Å². The zero-order valence-electron chi connectivity index (χ0n) is 14.1. The van der Waals surface area contributed by atoms with E-state index in [1.165, 1.54) is 0 Å². The third-order valence-corrected chi connectivity index (χ3v) is 3.18. The third kappa shape index (κ3) is 5.14. The average molecular weight is 386 g/mol. The van der Waals surface area contributed by atoms with Crippen LogP contribution in [0.1, 0.15) is 26.2 Å². The van der Waals surface area contributed by atoms with Gasteiger partial charge >= 0.3 is 12.3 Å². The van der Waals surface area contributed by atoms with Crippen molar-refractivity contribution in [3.8, 4) is 23.5 Å². The van der Waals surface area contributed by atoms with Crippen molar-refractivity contribution in [3.63, 3.8) is 0 Å². The number of aromatic hydroxyl groups is 4. The fourth-order valence-corrected chi connectivity index (χ4v) is 1.91. The molecule has 12 heteroatoms. The largest absolute Gasteiger partial charge is 0.537 e. The maximum absolute atomic E-state index is 11.8. The van der Waals surface area contributed by atoms with Crippen molar-refractivity contribution >= 4 is 12.3 Å². The predicted octanol–water partition coefficient (Wildman–Crippen LogP) is 1.46. The quantitative estimate of drug-likeness (QED) is 0.405. The normalized spacial score (nSPS) is 10.6. The van der Waals surface area contributed by atoms with E-state index >= 15 is 0 Å². The molecule has 0 aromatic carbocycles. The van der Waals surface area contributed by atoms with E-state index in [2.05, 4.69) is 9.68 Å². The lowest BCUT2D eigenvalue weighted by atomic mass is 10.2. The van der Waals surface area contributed by atoms with Gasteiger partial charge in [0, 0.05) is 30.7 Å². The van der Waals surface area contributed by atoms with Crippen LogP contribution in [0.4, 0.5) is 9.59 Å². The SMILES string of the molecule is CCCCC(OC(=O)On1c(O)ccc1O)OC(=O)On1c(O)ccc1O. The van der Waals surface area contributed by atoms with Crippen LogP contribution in [0.3, 0.4) is 0 Å². The number of hydrogen-bond donors (Lipinski definition) is 4. The van der Waals surface area contributed by atoms with Crippen molar-refractivity contribution in [2.75, 3.05) is 0 Å². The molecule has 0 aliphatic rings. The van der Waals surface area contributed by atoms with Crippen LogP contribution in [-0.4, -0.2) is 48.5 Å². The fraction of sp³-hybridized carbons (Fsp3) is 0.333. The Kier molecular flexibility index (Phi) is 6.25. The monoisotopic (exact) mass is 386 g/mol. The predicted molar refractivity (Wildman–Crippen MR) is 85.0 cm³/mol. The molecule has 0 fully saturated rings. The van der Waals surface area contributed by atoms with Gasteiger partial charge in [0.05, 0.1) is 0 Å². The number of carbonyl (C=O) groups is 2. The van der Waals surface area contributed by atoms with E-state index in [0.29, 0.717) is 22.3 Å². The molecule has 2 heterocycles. The van der Waals surface area contributed by atoms with E-state index in [-0.39, 0.29) is 6.42 Å². The minimum absolute atomic E-state index is 0.0913. The van der Waals surface area contributed by atoms with Crippen LogP contribution in [0.15, 0.2) is 24.3 Å². The summed E-state index contributed by atoms with van der Waals surface area (Å²) in [6.45, 7) is 1.85. The average Bonchev–Trinajstić information content (AvgIpc) is 3.09. The number of ether oxygens (including phenoxy) is 2. The van der Waals surface area contributed by atoms with Gasteiger partial charge in [0.1, 0.15) is 0 Å². The Morgan fingerprint density at radius 2 is 1.22 bits per heavy atom. The summed E-state index contributed by atoms with van der Waals surface area (Å²) >= 11 is 0. The molecule has 0 radical (unpaired) electrons. The minimum Gasteiger partial charge on any atom is -0.492 e. The van der Waals surface area contributed by atoms with E-state index < -0.39 is 42.1 Å². The first kappa shape index (κ1) is 19.6. The molecule has 0 atom stereocenters. The summed E-state index contributed by atoms with van der Waals surface area (Å²) in [6, 6.07) is 4.28. The molecular formula is C15H18N2O10. The van der Waals surface area contributed by atoms with Crippen molar-refractivity contribution < 1.29 is 49.2 Å². The summed E-state index contributed by atoms with van der Waals surface area (Å²) in [5.41, 5.74) is 0. The summed E-state index contributed by atoms with van der Waals surface area (Å²) in [6.07, 6.45) is -2.90. The second-order valence-electron chi connectivity index (χ2n) is 5.18. The third-order valence-electron chi connectivity index (χ3n) is 3.18. The number of hydrogen-bond acceptors (Lipinski definition) is 10. The molecule has 4 N–H and O–H groups in total. The van der Waals surface area contributed by atoms with Crippen LogP contribution < -0.4 is 9.68 Å². The van der Waals surface area contributed by atoms with Crippen LogP contribution in [0.2, 0.25) is 0 Å². The molecule has 148 valence electrons. The summed E-state index contributed by atoms with van der Waals surface area (Å²) in [5.74, 6) is -2.25. The molecule has 0 unspecified atom stereocenters. The van der Waals surface area contributed by atoms with E-state index in [0.717, 1.165) is 24.3 Å². The van der Waals surface area contributed by atoms with Gasteiger partial charge in [0.15, 0.2) is 0 Å². The van der Waals surface area contributed by atoms with Crippen molar-refractivity contribution in [2.24, 2.45) is 0 Å². The highest BCUT2D eigenvalue weighted by molar-refractivity contribution is 5.63. The topological polar surface area (TPSA) is 162 Å². The molecular weight excluding hydrogens is 368 g/mol. The molecule has 2 rings (SSSR count). The van der Waals surface area contributed by atoms with Crippen molar-refractivity contribution in [2.45, 2.75) is 32.5 Å². The van der Waals surface area contributed by atoms with Gasteiger partial charge in [-0.3, -0.25) is 9.68 Å². The molecule has 0 spiro atoms. The minimum atomic E-state index is -1.43. The highest BCUT2D eigenvalue weighted by Crippen LogP contribution is 2.20. The number of rotatable bonds is 7. The highest BCUT2D eigenvalue weighted by Gasteiger charge is 2.24. The van der Waals surface area contributed by atoms with Gasteiger partial charge in [0.2, 0.25) is 23.5 Å². The Balaban J connectivity index is 1.97. The Hall–Kier alpha value is -3.70. The first-order valence-electron chi connectivity index (χ1n) is 7.79. The smallest absolute Gasteiger partial charge is 0.492 e. The van der Waals surface area contributed by atoms with Gasteiger partial charge in [-0.25, -0.2) is 9.59 Å². The Bertz CT molecular complexity index is 695. The maximum Gasteiger partial charge on any atom is 0.537 e. The summed E-state index contributed by atoms with van der Waals surface area (Å²) < 4.78 is 10.4. The van der Waals surface area contributed by atoms with Gasteiger partial charge in [0.25, 0.3) is 6.29 Å². The number of aromatic nitrogens is 2. The van der Waals surface area contributed by atoms with E-state index in [9.17, 15) is 30.0 Å². The molecule has 0 saturated carbocycles. The lowest BCUT2D eigenvalue weighted by Crippen LogP contribution is -2.31. The lowest BCUT2D eigenvalue weighted by Gasteiger charge is -2.17. The molecule has 0 aliphatic carbocycles. The standard InChI is InChI=1S/C15H18N2O10/c1-2-3-4-13(24-14(22)26-16-9(18)5-6-10(16)19)25-15(23)27-17-11(20)7-8-12(17)21/h5-8,13,18-21H,2-4H2,1H3. The molecule has 0 bridgehead atoms. The van der Waals surface area contributed by atoms with Crippen LogP contribution in [-0.2, 0) is 9.47 Å². The van der Waals surface area contributed by atoms with Crippen LogP contribution in [0.25, 0.3) is 0 Å². The van der Waals surface area contributed by atoms with Gasteiger partial charge in [-0.2, -0.15) is 0 Å². The van der Waals surface area contributed by atoms with Crippen molar-refractivity contribution in [3.05, 3.63) is 24.3 Å². The molecule has 2 aromatic heterocycles. The van der Waals surface area contributed by atoms with Gasteiger partial charge in [-0.1, -0.05) is 13.3 Å². The van der Waals surface area contributed by atoms with Crippen LogP contribution in [0, 0.1) is 0 Å². The molecule has 2 aromatic rings. The molecule has 0 aliphatic heterocycles. The van der Waals surface area contributed by atoms with Crippen LogP contribution in [0.5, 0.6) is 23.5 Å². The zero-order chi connectivity index (χ0) is 20.0. The number of unbranched alkanes of at least 4 members (excludes halogenated alkanes) is 1. The number of carbonyl (C=O) groups excluding carboxylic acids is 2. The van der Waals surface area contributed by atoms with E-state index in [1.54, 1.807) is 0 Å². The summed E-state index contributed by atoms with van der Waals surface area (Å²) in [5, 5.41) is 37.6. The van der Waals surface area contributed by atoms with Crippen molar-refractivity contribution in [1.29, 1.82) is 0 Å². The fourth-order valence-electron chi connectivity index (χ4n) is 1.91. The number of nitrogens with zero attached hydrogens (tertiary/aromatic N) is 2. The van der Waals surface area contributed by atoms with Gasteiger partial charge in [-0.05, 0) is 6.42 Å². The van der Waals surface area contributed by atoms with Crippen molar-refractivity contribution in [1.82, 2.24) is 9.46 Å². The highest BCUT2D eigenvalue weighted by atomic mass is 16.9. The zero-order valence-corrected chi connectivity index (χ0v) is 14.1. The molecule has 12 nitrogen and oxygen atoms in total. The second-order valence-corrected chi connectivity index (χ2v) is 5.18. The summed E-state index contributed by atoms with van der Waals surface area (Å²) in [4.78, 5) is 32.8. The van der Waals surface area contributed by atoms with E-state index in [1.807, 2.05) is 6.92 Å². The lowest BCUT2D eigenvalue weighted by molar-refractivity contribution is -0.112. The second kappa shape index (κ2) is 8.60. The Morgan fingerprint density at radius 3 is 1.56 bits per heavy atom. The summed E-state index contributed by atoms with van der Waals surface area (Å²) in [7, 11) is 0. The van der Waals surface area contributed by atoms with Gasteiger partial charge < -0.3 is 29.9 Å². The molecule has 27 heavy (non-hydrogen) atoms.